The molecule has 4 aromatic rings. The standard InChI is InChI=1S/C19H18N4O2/c1-12-10-18(21-13-8-9-16(24-2)17(11-13)25-3)23-15-7-5-4-6-14(15)22-19(23)20-12/h4-11,21H,1-3H3. The molecule has 0 aliphatic heterocycles. The van der Waals surface area contributed by atoms with Crippen LogP contribution in [0.15, 0.2) is 48.5 Å². The largest absolute Gasteiger partial charge is 0.493 e. The Hall–Kier alpha value is -3.28. The zero-order chi connectivity index (χ0) is 17.4. The first-order chi connectivity index (χ1) is 12.2. The van der Waals surface area contributed by atoms with Crippen molar-refractivity contribution in [3.05, 3.63) is 54.2 Å². The van der Waals surface area contributed by atoms with E-state index in [4.69, 9.17) is 9.47 Å². The van der Waals surface area contributed by atoms with Gasteiger partial charge in [0.2, 0.25) is 5.78 Å². The quantitative estimate of drug-likeness (QED) is 0.612. The number of rotatable bonds is 4. The molecule has 0 atom stereocenters. The van der Waals surface area contributed by atoms with Gasteiger partial charge >= 0.3 is 0 Å². The van der Waals surface area contributed by atoms with E-state index in [1.807, 2.05) is 59.9 Å². The van der Waals surface area contributed by atoms with Crippen LogP contribution in [-0.4, -0.2) is 28.6 Å². The third-order valence-corrected chi connectivity index (χ3v) is 4.06. The maximum absolute atomic E-state index is 5.38. The van der Waals surface area contributed by atoms with Crippen molar-refractivity contribution in [1.29, 1.82) is 0 Å². The Labute approximate surface area is 145 Å². The van der Waals surface area contributed by atoms with Crippen LogP contribution in [-0.2, 0) is 0 Å². The van der Waals surface area contributed by atoms with E-state index in [9.17, 15) is 0 Å². The Bertz CT molecular complexity index is 1070. The molecule has 6 heteroatoms. The van der Waals surface area contributed by atoms with Gasteiger partial charge < -0.3 is 14.8 Å². The van der Waals surface area contributed by atoms with Gasteiger partial charge in [-0.25, -0.2) is 9.97 Å². The lowest BCUT2D eigenvalue weighted by molar-refractivity contribution is 0.355. The predicted octanol–water partition coefficient (Wildman–Crippen LogP) is 3.95. The van der Waals surface area contributed by atoms with E-state index in [0.29, 0.717) is 17.3 Å². The number of hydrogen-bond acceptors (Lipinski definition) is 5. The summed E-state index contributed by atoms with van der Waals surface area (Å²) in [5, 5.41) is 3.44. The van der Waals surface area contributed by atoms with Crippen LogP contribution in [0.5, 0.6) is 11.5 Å². The number of nitrogens with one attached hydrogen (secondary N) is 1. The number of ether oxygens (including phenoxy) is 2. The van der Waals surface area contributed by atoms with Crippen molar-refractivity contribution in [2.45, 2.75) is 6.92 Å². The van der Waals surface area contributed by atoms with Crippen LogP contribution in [0.4, 0.5) is 11.5 Å². The van der Waals surface area contributed by atoms with Crippen LogP contribution in [0.3, 0.4) is 0 Å². The van der Waals surface area contributed by atoms with Gasteiger partial charge in [-0.3, -0.25) is 4.40 Å². The lowest BCUT2D eigenvalue weighted by Crippen LogP contribution is -2.02. The van der Waals surface area contributed by atoms with Crippen LogP contribution < -0.4 is 14.8 Å². The molecule has 4 rings (SSSR count). The Morgan fingerprint density at radius 1 is 0.920 bits per heavy atom. The molecule has 0 bridgehead atoms. The van der Waals surface area contributed by atoms with Gasteiger partial charge in [-0.05, 0) is 31.2 Å². The van der Waals surface area contributed by atoms with Crippen molar-refractivity contribution in [2.75, 3.05) is 19.5 Å². The molecule has 2 heterocycles. The number of para-hydroxylation sites is 2. The highest BCUT2D eigenvalue weighted by atomic mass is 16.5. The van der Waals surface area contributed by atoms with Crippen molar-refractivity contribution in [3.63, 3.8) is 0 Å². The number of aryl methyl sites for hydroxylation is 1. The summed E-state index contributed by atoms with van der Waals surface area (Å²) < 4.78 is 12.7. The second kappa shape index (κ2) is 5.98. The summed E-state index contributed by atoms with van der Waals surface area (Å²) in [6.45, 7) is 1.96. The maximum Gasteiger partial charge on any atom is 0.236 e. The SMILES string of the molecule is COc1ccc(Nc2cc(C)nc3nc4ccccc4n23)cc1OC. The lowest BCUT2D eigenvalue weighted by atomic mass is 10.2. The molecule has 0 spiro atoms. The van der Waals surface area contributed by atoms with Crippen molar-refractivity contribution in [1.82, 2.24) is 14.4 Å². The van der Waals surface area contributed by atoms with E-state index < -0.39 is 0 Å². The van der Waals surface area contributed by atoms with Gasteiger partial charge in [0, 0.05) is 23.5 Å². The number of nitrogens with zero attached hydrogens (tertiary/aromatic N) is 3. The normalized spacial score (nSPS) is 11.0. The van der Waals surface area contributed by atoms with Gasteiger partial charge in [-0.15, -0.1) is 0 Å². The van der Waals surface area contributed by atoms with Gasteiger partial charge in [0.1, 0.15) is 5.82 Å². The highest BCUT2D eigenvalue weighted by Crippen LogP contribution is 2.32. The van der Waals surface area contributed by atoms with E-state index in [2.05, 4.69) is 15.3 Å². The second-order valence-electron chi connectivity index (χ2n) is 5.71. The first kappa shape index (κ1) is 15.3. The van der Waals surface area contributed by atoms with Crippen molar-refractivity contribution in [3.8, 4) is 11.5 Å². The molecule has 0 fully saturated rings. The van der Waals surface area contributed by atoms with Crippen molar-refractivity contribution in [2.24, 2.45) is 0 Å². The van der Waals surface area contributed by atoms with Crippen molar-refractivity contribution >= 4 is 28.3 Å². The van der Waals surface area contributed by atoms with Gasteiger partial charge in [-0.2, -0.15) is 0 Å². The first-order valence-corrected chi connectivity index (χ1v) is 7.93. The molecule has 0 saturated heterocycles. The topological polar surface area (TPSA) is 60.7 Å². The molecule has 0 saturated carbocycles. The summed E-state index contributed by atoms with van der Waals surface area (Å²) in [6, 6.07) is 15.7. The lowest BCUT2D eigenvalue weighted by Gasteiger charge is -2.13. The smallest absolute Gasteiger partial charge is 0.236 e. The van der Waals surface area contributed by atoms with Crippen LogP contribution in [0.1, 0.15) is 5.69 Å². The second-order valence-corrected chi connectivity index (χ2v) is 5.71. The van der Waals surface area contributed by atoms with Crippen LogP contribution in [0.25, 0.3) is 16.8 Å². The number of fused-ring (bicyclic) bond motifs is 3. The highest BCUT2D eigenvalue weighted by Gasteiger charge is 2.11. The fourth-order valence-electron chi connectivity index (χ4n) is 2.93. The molecule has 1 N–H and O–H groups in total. The number of benzene rings is 2. The maximum atomic E-state index is 5.38. The number of methoxy groups -OCH3 is 2. The average Bonchev–Trinajstić information content (AvgIpc) is 2.99. The predicted molar refractivity (Wildman–Crippen MR) is 98.1 cm³/mol. The summed E-state index contributed by atoms with van der Waals surface area (Å²) in [4.78, 5) is 9.15. The Kier molecular flexibility index (Phi) is 3.65. The molecule has 0 radical (unpaired) electrons. The van der Waals surface area contributed by atoms with Gasteiger partial charge in [0.05, 0.1) is 25.3 Å². The van der Waals surface area contributed by atoms with E-state index in [1.54, 1.807) is 14.2 Å². The molecule has 0 amide bonds. The molecule has 126 valence electrons. The van der Waals surface area contributed by atoms with Gasteiger partial charge in [-0.1, -0.05) is 12.1 Å². The van der Waals surface area contributed by atoms with E-state index in [-0.39, 0.29) is 0 Å². The Morgan fingerprint density at radius 2 is 1.72 bits per heavy atom. The minimum absolute atomic E-state index is 0.671. The monoisotopic (exact) mass is 334 g/mol. The fourth-order valence-corrected chi connectivity index (χ4v) is 2.93. The first-order valence-electron chi connectivity index (χ1n) is 7.93. The van der Waals surface area contributed by atoms with E-state index >= 15 is 0 Å². The average molecular weight is 334 g/mol. The molecule has 2 aromatic carbocycles. The molecule has 0 aliphatic rings. The summed E-state index contributed by atoms with van der Waals surface area (Å²) >= 11 is 0. The number of aromatic nitrogens is 3. The van der Waals surface area contributed by atoms with E-state index in [0.717, 1.165) is 28.2 Å². The number of anilines is 2. The molecule has 25 heavy (non-hydrogen) atoms. The molecular formula is C19H18N4O2. The van der Waals surface area contributed by atoms with E-state index in [1.165, 1.54) is 0 Å². The summed E-state index contributed by atoms with van der Waals surface area (Å²) in [7, 11) is 3.25. The Balaban J connectivity index is 1.86. The van der Waals surface area contributed by atoms with Crippen molar-refractivity contribution < 1.29 is 9.47 Å². The highest BCUT2D eigenvalue weighted by molar-refractivity contribution is 5.82. The summed E-state index contributed by atoms with van der Waals surface area (Å²) in [5.41, 5.74) is 3.71. The zero-order valence-corrected chi connectivity index (χ0v) is 14.3. The molecule has 0 unspecified atom stereocenters. The summed E-state index contributed by atoms with van der Waals surface area (Å²) in [6.07, 6.45) is 0. The fraction of sp³-hybridized carbons (Fsp3) is 0.158. The summed E-state index contributed by atoms with van der Waals surface area (Å²) in [5.74, 6) is 2.93. The Morgan fingerprint density at radius 3 is 2.52 bits per heavy atom. The number of hydrogen-bond donors (Lipinski definition) is 1. The van der Waals surface area contributed by atoms with Gasteiger partial charge in [0.15, 0.2) is 11.5 Å². The molecule has 6 nitrogen and oxygen atoms in total. The third kappa shape index (κ3) is 2.61. The minimum Gasteiger partial charge on any atom is -0.493 e. The van der Waals surface area contributed by atoms with Crippen LogP contribution >= 0.6 is 0 Å². The number of imidazole rings is 1. The third-order valence-electron chi connectivity index (χ3n) is 4.06. The van der Waals surface area contributed by atoms with Gasteiger partial charge in [0.25, 0.3) is 0 Å². The van der Waals surface area contributed by atoms with Crippen LogP contribution in [0.2, 0.25) is 0 Å². The molecular weight excluding hydrogens is 316 g/mol. The minimum atomic E-state index is 0.671. The zero-order valence-electron chi connectivity index (χ0n) is 14.3. The molecule has 0 aliphatic carbocycles. The van der Waals surface area contributed by atoms with Crippen LogP contribution in [0, 0.1) is 6.92 Å². The molecule has 2 aromatic heterocycles.